The highest BCUT2D eigenvalue weighted by Crippen LogP contribution is 2.03. The molecule has 2 N–H and O–H groups in total. The summed E-state index contributed by atoms with van der Waals surface area (Å²) in [5.74, 6) is 0.523. The maximum atomic E-state index is 13.0. The molecular weight excluding hydrogens is 372 g/mol. The Morgan fingerprint density at radius 2 is 2.20 bits per heavy atom. The van der Waals surface area contributed by atoms with Crippen molar-refractivity contribution in [2.75, 3.05) is 27.3 Å². The normalized spacial score (nSPS) is 12.5. The van der Waals surface area contributed by atoms with Crippen molar-refractivity contribution < 1.29 is 9.13 Å². The summed E-state index contributed by atoms with van der Waals surface area (Å²) in [5, 5.41) is 6.39. The number of nitrogens with zero attached hydrogens (tertiary/aromatic N) is 1. The second kappa shape index (κ2) is 10.8. The second-order valence-corrected chi connectivity index (χ2v) is 4.38. The quantitative estimate of drug-likeness (QED) is 0.441. The van der Waals surface area contributed by atoms with E-state index in [2.05, 4.69) is 15.6 Å². The number of guanidine groups is 1. The first-order valence-electron chi connectivity index (χ1n) is 6.36. The van der Waals surface area contributed by atoms with Crippen molar-refractivity contribution in [1.82, 2.24) is 10.6 Å². The average molecular weight is 395 g/mol. The Morgan fingerprint density at radius 1 is 1.45 bits per heavy atom. The molecule has 0 radical (unpaired) electrons. The van der Waals surface area contributed by atoms with E-state index in [0.717, 1.165) is 17.9 Å². The summed E-state index contributed by atoms with van der Waals surface area (Å²) < 4.78 is 18.1. The molecule has 1 rings (SSSR count). The molecule has 0 aromatic heterocycles. The van der Waals surface area contributed by atoms with Gasteiger partial charge in [0.25, 0.3) is 0 Å². The number of halogens is 2. The lowest BCUT2D eigenvalue weighted by atomic mass is 10.1. The largest absolute Gasteiger partial charge is 0.383 e. The minimum Gasteiger partial charge on any atom is -0.383 e. The van der Waals surface area contributed by atoms with Gasteiger partial charge >= 0.3 is 0 Å². The van der Waals surface area contributed by atoms with Gasteiger partial charge in [-0.25, -0.2) is 4.39 Å². The van der Waals surface area contributed by atoms with Crippen LogP contribution in [0.3, 0.4) is 0 Å². The Kier molecular flexibility index (Phi) is 10.4. The van der Waals surface area contributed by atoms with Gasteiger partial charge in [0.1, 0.15) is 5.82 Å². The van der Waals surface area contributed by atoms with Gasteiger partial charge in [0.15, 0.2) is 5.96 Å². The molecule has 1 atom stereocenters. The number of hydrogen-bond acceptors (Lipinski definition) is 2. The Morgan fingerprint density at radius 3 is 2.80 bits per heavy atom. The summed E-state index contributed by atoms with van der Waals surface area (Å²) in [7, 11) is 3.38. The lowest BCUT2D eigenvalue weighted by molar-refractivity contribution is 0.179. The highest BCUT2D eigenvalue weighted by atomic mass is 127. The minimum atomic E-state index is -0.200. The number of benzene rings is 1. The van der Waals surface area contributed by atoms with E-state index in [1.807, 2.05) is 13.0 Å². The lowest BCUT2D eigenvalue weighted by Crippen LogP contribution is -2.44. The van der Waals surface area contributed by atoms with E-state index in [4.69, 9.17) is 4.74 Å². The fraction of sp³-hybridized carbons (Fsp3) is 0.500. The third-order valence-electron chi connectivity index (χ3n) is 2.62. The molecule has 0 aliphatic heterocycles. The fourth-order valence-electron chi connectivity index (χ4n) is 1.74. The van der Waals surface area contributed by atoms with Gasteiger partial charge in [-0.05, 0) is 31.0 Å². The summed E-state index contributed by atoms with van der Waals surface area (Å²) in [6, 6.07) is 6.81. The summed E-state index contributed by atoms with van der Waals surface area (Å²) in [6.45, 7) is 3.33. The molecule has 0 spiro atoms. The molecule has 0 saturated heterocycles. The summed E-state index contributed by atoms with van der Waals surface area (Å²) >= 11 is 0. The van der Waals surface area contributed by atoms with Crippen LogP contribution in [0.25, 0.3) is 0 Å². The molecule has 0 bridgehead atoms. The predicted octanol–water partition coefficient (Wildman–Crippen LogP) is 2.19. The monoisotopic (exact) mass is 395 g/mol. The molecule has 1 aromatic carbocycles. The summed E-state index contributed by atoms with van der Waals surface area (Å²) in [6.07, 6.45) is 0.747. The molecule has 4 nitrogen and oxygen atoms in total. The van der Waals surface area contributed by atoms with Gasteiger partial charge in [0.05, 0.1) is 6.61 Å². The van der Waals surface area contributed by atoms with Gasteiger partial charge < -0.3 is 15.4 Å². The number of nitrogens with one attached hydrogen (secondary N) is 2. The van der Waals surface area contributed by atoms with Gasteiger partial charge in [-0.3, -0.25) is 4.99 Å². The van der Waals surface area contributed by atoms with Crippen molar-refractivity contribution in [3.8, 4) is 0 Å². The Labute approximate surface area is 137 Å². The van der Waals surface area contributed by atoms with Crippen LogP contribution in [0.2, 0.25) is 0 Å². The van der Waals surface area contributed by atoms with Crippen LogP contribution in [0, 0.1) is 5.82 Å². The van der Waals surface area contributed by atoms with E-state index in [9.17, 15) is 4.39 Å². The average Bonchev–Trinajstić information content (AvgIpc) is 2.38. The van der Waals surface area contributed by atoms with Gasteiger partial charge in [-0.15, -0.1) is 24.0 Å². The molecule has 0 saturated carbocycles. The van der Waals surface area contributed by atoms with Crippen LogP contribution in [0.1, 0.15) is 12.5 Å². The van der Waals surface area contributed by atoms with E-state index < -0.39 is 0 Å². The van der Waals surface area contributed by atoms with Crippen molar-refractivity contribution >= 4 is 29.9 Å². The fourth-order valence-corrected chi connectivity index (χ4v) is 1.74. The van der Waals surface area contributed by atoms with E-state index in [0.29, 0.717) is 13.2 Å². The van der Waals surface area contributed by atoms with Gasteiger partial charge in [0, 0.05) is 26.7 Å². The smallest absolute Gasteiger partial charge is 0.191 e. The first kappa shape index (κ1) is 19.1. The van der Waals surface area contributed by atoms with Crippen molar-refractivity contribution in [2.24, 2.45) is 4.99 Å². The van der Waals surface area contributed by atoms with Crippen LogP contribution < -0.4 is 10.6 Å². The first-order valence-corrected chi connectivity index (χ1v) is 6.36. The Hall–Kier alpha value is -0.890. The van der Waals surface area contributed by atoms with Crippen molar-refractivity contribution in [3.05, 3.63) is 35.6 Å². The minimum absolute atomic E-state index is 0. The van der Waals surface area contributed by atoms with Gasteiger partial charge in [-0.1, -0.05) is 12.1 Å². The number of ether oxygens (including phenoxy) is 1. The highest BCUT2D eigenvalue weighted by molar-refractivity contribution is 14.0. The molecule has 0 amide bonds. The zero-order valence-corrected chi connectivity index (χ0v) is 14.5. The van der Waals surface area contributed by atoms with Crippen LogP contribution in [0.5, 0.6) is 0 Å². The van der Waals surface area contributed by atoms with E-state index in [1.54, 1.807) is 26.3 Å². The van der Waals surface area contributed by atoms with Gasteiger partial charge in [-0.2, -0.15) is 0 Å². The number of aliphatic imine (C=N–C) groups is 1. The van der Waals surface area contributed by atoms with Crippen LogP contribution in [-0.2, 0) is 11.2 Å². The van der Waals surface area contributed by atoms with Crippen molar-refractivity contribution in [3.63, 3.8) is 0 Å². The molecule has 0 aliphatic carbocycles. The molecule has 0 fully saturated rings. The topological polar surface area (TPSA) is 45.7 Å². The molecule has 1 unspecified atom stereocenters. The predicted molar refractivity (Wildman–Crippen MR) is 91.4 cm³/mol. The molecule has 0 heterocycles. The Bertz CT molecular complexity index is 415. The molecular formula is C14H23FIN3O. The maximum Gasteiger partial charge on any atom is 0.191 e. The van der Waals surface area contributed by atoms with E-state index >= 15 is 0 Å². The van der Waals surface area contributed by atoms with Crippen LogP contribution in [0.15, 0.2) is 29.3 Å². The SMILES string of the molecule is CN=C(NCCc1cccc(F)c1)NC(C)COC.I. The third-order valence-corrected chi connectivity index (χ3v) is 2.62. The number of rotatable bonds is 6. The lowest BCUT2D eigenvalue weighted by Gasteiger charge is -2.17. The van der Waals surface area contributed by atoms with E-state index in [1.165, 1.54) is 6.07 Å². The molecule has 114 valence electrons. The molecule has 20 heavy (non-hydrogen) atoms. The summed E-state index contributed by atoms with van der Waals surface area (Å²) in [4.78, 5) is 4.12. The zero-order valence-electron chi connectivity index (χ0n) is 12.1. The van der Waals surface area contributed by atoms with Crippen LogP contribution in [-0.4, -0.2) is 39.3 Å². The van der Waals surface area contributed by atoms with E-state index in [-0.39, 0.29) is 35.8 Å². The molecule has 0 aliphatic rings. The third kappa shape index (κ3) is 7.64. The van der Waals surface area contributed by atoms with Crippen LogP contribution in [0.4, 0.5) is 4.39 Å². The number of methoxy groups -OCH3 is 1. The van der Waals surface area contributed by atoms with Crippen molar-refractivity contribution in [2.45, 2.75) is 19.4 Å². The zero-order chi connectivity index (χ0) is 14.1. The first-order chi connectivity index (χ1) is 9.15. The number of hydrogen-bond donors (Lipinski definition) is 2. The standard InChI is InChI=1S/C14H22FN3O.HI/c1-11(10-19-3)18-14(16-2)17-8-7-12-5-4-6-13(15)9-12;/h4-6,9,11H,7-8,10H2,1-3H3,(H2,16,17,18);1H. The van der Waals surface area contributed by atoms with Crippen LogP contribution >= 0.6 is 24.0 Å². The maximum absolute atomic E-state index is 13.0. The highest BCUT2D eigenvalue weighted by Gasteiger charge is 2.04. The second-order valence-electron chi connectivity index (χ2n) is 4.38. The summed E-state index contributed by atoms with van der Waals surface area (Å²) in [5.41, 5.74) is 0.966. The van der Waals surface area contributed by atoms with Gasteiger partial charge in [0.2, 0.25) is 0 Å². The Balaban J connectivity index is 0.00000361. The molecule has 6 heteroatoms. The molecule has 1 aromatic rings. The van der Waals surface area contributed by atoms with Crippen molar-refractivity contribution in [1.29, 1.82) is 0 Å².